The molecule has 0 saturated carbocycles. The zero-order chi connectivity index (χ0) is 21.3. The first-order valence-corrected chi connectivity index (χ1v) is 10.3. The Morgan fingerprint density at radius 3 is 2.20 bits per heavy atom. The van der Waals surface area contributed by atoms with Crippen LogP contribution >= 0.6 is 46.4 Å². The lowest BCUT2D eigenvalue weighted by Gasteiger charge is -2.02. The first kappa shape index (κ1) is 20.8. The quantitative estimate of drug-likeness (QED) is 0.213. The van der Waals surface area contributed by atoms with Gasteiger partial charge < -0.3 is 8.83 Å². The molecule has 0 fully saturated rings. The van der Waals surface area contributed by atoms with E-state index in [9.17, 15) is 4.79 Å². The van der Waals surface area contributed by atoms with Gasteiger partial charge in [0.25, 0.3) is 0 Å². The molecule has 3 nitrogen and oxygen atoms in total. The van der Waals surface area contributed by atoms with Gasteiger partial charge in [-0.3, -0.25) is 4.79 Å². The van der Waals surface area contributed by atoms with E-state index in [1.807, 2.05) is 0 Å². The molecule has 30 heavy (non-hydrogen) atoms. The van der Waals surface area contributed by atoms with Crippen LogP contribution in [0, 0.1) is 0 Å². The van der Waals surface area contributed by atoms with Crippen molar-refractivity contribution in [3.05, 3.63) is 98.4 Å². The largest absolute Gasteiger partial charge is 0.457 e. The van der Waals surface area contributed by atoms with Crippen LogP contribution in [0.25, 0.3) is 28.7 Å². The van der Waals surface area contributed by atoms with Gasteiger partial charge in [-0.25, -0.2) is 0 Å². The van der Waals surface area contributed by atoms with E-state index in [4.69, 9.17) is 55.2 Å². The molecule has 4 aromatic rings. The zero-order valence-corrected chi connectivity index (χ0v) is 18.2. The second kappa shape index (κ2) is 8.75. The number of furan rings is 2. The van der Waals surface area contributed by atoms with Crippen LogP contribution in [0.5, 0.6) is 0 Å². The molecular weight excluding hydrogens is 466 g/mol. The Morgan fingerprint density at radius 1 is 0.733 bits per heavy atom. The van der Waals surface area contributed by atoms with E-state index in [0.29, 0.717) is 42.9 Å². The molecule has 0 aliphatic rings. The summed E-state index contributed by atoms with van der Waals surface area (Å²) >= 11 is 24.4. The van der Waals surface area contributed by atoms with Gasteiger partial charge in [0.2, 0.25) is 5.78 Å². The van der Waals surface area contributed by atoms with Crippen LogP contribution in [-0.4, -0.2) is 5.78 Å². The summed E-state index contributed by atoms with van der Waals surface area (Å²) in [6.07, 6.45) is 2.92. The Hall–Kier alpha value is -2.43. The number of benzene rings is 2. The van der Waals surface area contributed by atoms with Crippen molar-refractivity contribution < 1.29 is 13.6 Å². The molecule has 0 atom stereocenters. The Bertz CT molecular complexity index is 1250. The molecular formula is C23H12Cl4O3. The molecule has 4 rings (SSSR count). The van der Waals surface area contributed by atoms with Crippen molar-refractivity contribution >= 4 is 58.3 Å². The number of rotatable bonds is 5. The van der Waals surface area contributed by atoms with E-state index in [0.717, 1.165) is 5.56 Å². The summed E-state index contributed by atoms with van der Waals surface area (Å²) in [6.45, 7) is 0. The fraction of sp³-hybridized carbons (Fsp3) is 0. The topological polar surface area (TPSA) is 43.4 Å². The molecule has 0 amide bonds. The third-order valence-electron chi connectivity index (χ3n) is 4.29. The number of allylic oxidation sites excluding steroid dienone is 1. The van der Waals surface area contributed by atoms with Crippen LogP contribution in [0.15, 0.2) is 75.6 Å². The average Bonchev–Trinajstić information content (AvgIpc) is 3.38. The molecule has 0 aliphatic carbocycles. The SMILES string of the molecule is O=C(/C=C/c1ccc(-c2c(Cl)cccc2Cl)o1)c1ccc(-c2ccc(Cl)c(Cl)c2)o1. The van der Waals surface area contributed by atoms with Crippen LogP contribution in [0.2, 0.25) is 20.1 Å². The van der Waals surface area contributed by atoms with E-state index in [2.05, 4.69) is 0 Å². The third kappa shape index (κ3) is 4.35. The van der Waals surface area contributed by atoms with E-state index in [1.54, 1.807) is 66.7 Å². The van der Waals surface area contributed by atoms with Crippen molar-refractivity contribution in [3.8, 4) is 22.6 Å². The van der Waals surface area contributed by atoms with Gasteiger partial charge in [-0.15, -0.1) is 0 Å². The summed E-state index contributed by atoms with van der Waals surface area (Å²) in [7, 11) is 0. The van der Waals surface area contributed by atoms with Crippen LogP contribution in [0.3, 0.4) is 0 Å². The number of hydrogen-bond acceptors (Lipinski definition) is 3. The molecule has 0 unspecified atom stereocenters. The van der Waals surface area contributed by atoms with Crippen molar-refractivity contribution in [1.82, 2.24) is 0 Å². The summed E-state index contributed by atoms with van der Waals surface area (Å²) in [5.74, 6) is 1.38. The third-order valence-corrected chi connectivity index (χ3v) is 5.66. The molecule has 2 aromatic carbocycles. The maximum atomic E-state index is 12.5. The molecule has 150 valence electrons. The molecule has 0 aliphatic heterocycles. The minimum absolute atomic E-state index is 0.188. The predicted octanol–water partition coefficient (Wildman–Crippen LogP) is 8.72. The monoisotopic (exact) mass is 476 g/mol. The minimum Gasteiger partial charge on any atom is -0.457 e. The molecule has 2 heterocycles. The lowest BCUT2D eigenvalue weighted by atomic mass is 10.2. The molecule has 0 bridgehead atoms. The second-order valence-electron chi connectivity index (χ2n) is 6.29. The number of carbonyl (C=O) groups is 1. The molecule has 7 heteroatoms. The Morgan fingerprint density at radius 2 is 1.47 bits per heavy atom. The van der Waals surface area contributed by atoms with E-state index in [1.165, 1.54) is 6.08 Å². The van der Waals surface area contributed by atoms with Crippen molar-refractivity contribution in [2.45, 2.75) is 0 Å². The van der Waals surface area contributed by atoms with Gasteiger partial charge in [0, 0.05) is 5.56 Å². The normalized spacial score (nSPS) is 11.3. The molecule has 0 N–H and O–H groups in total. The van der Waals surface area contributed by atoms with Crippen LogP contribution in [0.1, 0.15) is 16.3 Å². The first-order valence-electron chi connectivity index (χ1n) is 8.74. The average molecular weight is 478 g/mol. The highest BCUT2D eigenvalue weighted by molar-refractivity contribution is 6.42. The van der Waals surface area contributed by atoms with Gasteiger partial charge >= 0.3 is 0 Å². The number of carbonyl (C=O) groups excluding carboxylic acids is 1. The van der Waals surface area contributed by atoms with Gasteiger partial charge in [0.05, 0.1) is 25.7 Å². The fourth-order valence-corrected chi connectivity index (χ4v) is 3.71. The summed E-state index contributed by atoms with van der Waals surface area (Å²) in [6, 6.07) is 17.1. The van der Waals surface area contributed by atoms with E-state index in [-0.39, 0.29) is 11.5 Å². The fourth-order valence-electron chi connectivity index (χ4n) is 2.82. The Kier molecular flexibility index (Phi) is 6.07. The van der Waals surface area contributed by atoms with Gasteiger partial charge in [0.15, 0.2) is 5.76 Å². The maximum Gasteiger partial charge on any atom is 0.221 e. The van der Waals surface area contributed by atoms with Crippen LogP contribution in [0.4, 0.5) is 0 Å². The number of halogens is 4. The van der Waals surface area contributed by atoms with Crippen molar-refractivity contribution in [1.29, 1.82) is 0 Å². The van der Waals surface area contributed by atoms with Crippen LogP contribution < -0.4 is 0 Å². The summed E-state index contributed by atoms with van der Waals surface area (Å²) < 4.78 is 11.4. The summed E-state index contributed by atoms with van der Waals surface area (Å²) in [5.41, 5.74) is 1.32. The van der Waals surface area contributed by atoms with Crippen molar-refractivity contribution in [3.63, 3.8) is 0 Å². The number of ketones is 1. The van der Waals surface area contributed by atoms with Crippen molar-refractivity contribution in [2.24, 2.45) is 0 Å². The first-order chi connectivity index (χ1) is 14.4. The molecule has 0 saturated heterocycles. The maximum absolute atomic E-state index is 12.5. The standard InChI is InChI=1S/C23H12Cl4O3/c24-15-7-4-13(12-18(15)27)20-10-11-21(30-20)19(28)8-5-14-6-9-22(29-14)23-16(25)2-1-3-17(23)26/h1-12H/b8-5+. The highest BCUT2D eigenvalue weighted by atomic mass is 35.5. The second-order valence-corrected chi connectivity index (χ2v) is 7.92. The Balaban J connectivity index is 1.52. The molecule has 0 spiro atoms. The minimum atomic E-state index is -0.310. The lowest BCUT2D eigenvalue weighted by Crippen LogP contribution is -1.90. The Labute approximate surface area is 192 Å². The molecule has 0 radical (unpaired) electrons. The van der Waals surface area contributed by atoms with E-state index < -0.39 is 0 Å². The lowest BCUT2D eigenvalue weighted by molar-refractivity contribution is 0.102. The summed E-state index contributed by atoms with van der Waals surface area (Å²) in [4.78, 5) is 12.5. The zero-order valence-electron chi connectivity index (χ0n) is 15.2. The van der Waals surface area contributed by atoms with Crippen molar-refractivity contribution in [2.75, 3.05) is 0 Å². The summed E-state index contributed by atoms with van der Waals surface area (Å²) in [5, 5.41) is 1.82. The highest BCUT2D eigenvalue weighted by Crippen LogP contribution is 2.35. The highest BCUT2D eigenvalue weighted by Gasteiger charge is 2.13. The van der Waals surface area contributed by atoms with Crippen LogP contribution in [-0.2, 0) is 0 Å². The van der Waals surface area contributed by atoms with Gasteiger partial charge in [-0.1, -0.05) is 52.5 Å². The predicted molar refractivity (Wildman–Crippen MR) is 122 cm³/mol. The van der Waals surface area contributed by atoms with Gasteiger partial charge in [0.1, 0.15) is 17.3 Å². The van der Waals surface area contributed by atoms with E-state index >= 15 is 0 Å². The van der Waals surface area contributed by atoms with Gasteiger partial charge in [-0.05, 0) is 66.7 Å². The molecule has 2 aromatic heterocycles. The smallest absolute Gasteiger partial charge is 0.221 e. The number of hydrogen-bond donors (Lipinski definition) is 0. The van der Waals surface area contributed by atoms with Gasteiger partial charge in [-0.2, -0.15) is 0 Å².